The molecule has 0 saturated carbocycles. The van der Waals surface area contributed by atoms with E-state index in [0.717, 1.165) is 0 Å². The number of aromatic carboxylic acids is 1. The first-order valence-corrected chi connectivity index (χ1v) is 5.95. The molecule has 7 heteroatoms. The van der Waals surface area contributed by atoms with Gasteiger partial charge in [0, 0.05) is 11.8 Å². The molecule has 0 atom stereocenters. The van der Waals surface area contributed by atoms with Crippen molar-refractivity contribution in [2.75, 3.05) is 18.2 Å². The van der Waals surface area contributed by atoms with Gasteiger partial charge in [-0.1, -0.05) is 0 Å². The van der Waals surface area contributed by atoms with Gasteiger partial charge in [0.25, 0.3) is 5.91 Å². The lowest BCUT2D eigenvalue weighted by Gasteiger charge is -2.10. The molecule has 21 heavy (non-hydrogen) atoms. The maximum absolute atomic E-state index is 12.1. The lowest BCUT2D eigenvalue weighted by Crippen LogP contribution is -2.14. The Balaban J connectivity index is 2.19. The second-order valence-electron chi connectivity index (χ2n) is 4.15. The highest BCUT2D eigenvalue weighted by atomic mass is 16.5. The van der Waals surface area contributed by atoms with Gasteiger partial charge in [0.15, 0.2) is 0 Å². The van der Waals surface area contributed by atoms with Gasteiger partial charge in [-0.05, 0) is 24.3 Å². The summed E-state index contributed by atoms with van der Waals surface area (Å²) < 4.78 is 5.10. The molecule has 1 amide bonds. The second kappa shape index (κ2) is 5.91. The van der Waals surface area contributed by atoms with E-state index in [2.05, 4.69) is 10.3 Å². The van der Waals surface area contributed by atoms with Gasteiger partial charge in [0.05, 0.1) is 24.6 Å². The molecule has 0 saturated heterocycles. The van der Waals surface area contributed by atoms with Crippen LogP contribution < -0.4 is 15.8 Å². The van der Waals surface area contributed by atoms with E-state index in [1.165, 1.54) is 25.4 Å². The Morgan fingerprint density at radius 3 is 2.62 bits per heavy atom. The summed E-state index contributed by atoms with van der Waals surface area (Å²) in [5.41, 5.74) is 6.70. The number of carboxylic acid groups (broad SMARTS) is 1. The second-order valence-corrected chi connectivity index (χ2v) is 4.15. The van der Waals surface area contributed by atoms with Gasteiger partial charge >= 0.3 is 5.97 Å². The summed E-state index contributed by atoms with van der Waals surface area (Å²) in [5, 5.41) is 11.4. The Morgan fingerprint density at radius 1 is 1.29 bits per heavy atom. The van der Waals surface area contributed by atoms with Gasteiger partial charge in [-0.25, -0.2) is 9.78 Å². The zero-order chi connectivity index (χ0) is 15.4. The van der Waals surface area contributed by atoms with E-state index in [1.807, 2.05) is 0 Å². The third kappa shape index (κ3) is 3.27. The van der Waals surface area contributed by atoms with Crippen LogP contribution in [-0.4, -0.2) is 29.1 Å². The summed E-state index contributed by atoms with van der Waals surface area (Å²) in [6, 6.07) is 7.43. The molecular formula is C14H13N3O4. The van der Waals surface area contributed by atoms with Crippen LogP contribution in [-0.2, 0) is 0 Å². The molecule has 7 nitrogen and oxygen atoms in total. The molecule has 2 rings (SSSR count). The maximum Gasteiger partial charge on any atom is 0.354 e. The molecular weight excluding hydrogens is 274 g/mol. The Bertz CT molecular complexity index is 683. The number of methoxy groups -OCH3 is 1. The van der Waals surface area contributed by atoms with Crippen molar-refractivity contribution in [3.63, 3.8) is 0 Å². The number of hydrogen-bond acceptors (Lipinski definition) is 5. The molecule has 0 radical (unpaired) electrons. The van der Waals surface area contributed by atoms with Gasteiger partial charge in [-0.3, -0.25) is 4.79 Å². The Kier molecular flexibility index (Phi) is 4.03. The van der Waals surface area contributed by atoms with Crippen molar-refractivity contribution >= 4 is 23.3 Å². The average Bonchev–Trinajstić information content (AvgIpc) is 2.47. The van der Waals surface area contributed by atoms with Gasteiger partial charge in [0.1, 0.15) is 11.4 Å². The fourth-order valence-corrected chi connectivity index (χ4v) is 1.69. The molecule has 108 valence electrons. The minimum atomic E-state index is -1.13. The highest BCUT2D eigenvalue weighted by molar-refractivity contribution is 6.06. The molecule has 0 unspecified atom stereocenters. The zero-order valence-electron chi connectivity index (χ0n) is 11.2. The number of nitrogen functional groups attached to an aromatic ring is 1. The highest BCUT2D eigenvalue weighted by Crippen LogP contribution is 2.22. The summed E-state index contributed by atoms with van der Waals surface area (Å²) in [6.45, 7) is 0. The normalized spacial score (nSPS) is 9.95. The van der Waals surface area contributed by atoms with E-state index in [9.17, 15) is 9.59 Å². The van der Waals surface area contributed by atoms with Crippen LogP contribution in [0, 0.1) is 0 Å². The number of ether oxygens (including phenoxy) is 1. The number of benzene rings is 1. The fourth-order valence-electron chi connectivity index (χ4n) is 1.69. The summed E-state index contributed by atoms with van der Waals surface area (Å²) in [6.07, 6.45) is 1.27. The van der Waals surface area contributed by atoms with Crippen LogP contribution in [0.2, 0.25) is 0 Å². The third-order valence-electron chi connectivity index (χ3n) is 2.71. The molecule has 0 bridgehead atoms. The monoisotopic (exact) mass is 287 g/mol. The van der Waals surface area contributed by atoms with Crippen molar-refractivity contribution < 1.29 is 19.4 Å². The van der Waals surface area contributed by atoms with Crippen molar-refractivity contribution in [1.29, 1.82) is 0 Å². The number of carbonyl (C=O) groups excluding carboxylic acids is 1. The van der Waals surface area contributed by atoms with Gasteiger partial charge in [-0.2, -0.15) is 0 Å². The highest BCUT2D eigenvalue weighted by Gasteiger charge is 2.13. The first-order chi connectivity index (χ1) is 10.0. The van der Waals surface area contributed by atoms with Crippen LogP contribution in [0.5, 0.6) is 5.75 Å². The standard InChI is InChI=1S/C14H13N3O4/c1-21-12-6-8(15)2-4-10(12)13(18)17-9-3-5-11(14(19)20)16-7-9/h2-7H,15H2,1H3,(H,17,18)(H,19,20). The molecule has 0 aliphatic carbocycles. The summed E-state index contributed by atoms with van der Waals surface area (Å²) in [5.74, 6) is -1.19. The van der Waals surface area contributed by atoms with Crippen LogP contribution >= 0.6 is 0 Å². The van der Waals surface area contributed by atoms with Crippen molar-refractivity contribution in [3.05, 3.63) is 47.8 Å². The molecule has 1 aromatic heterocycles. The number of carbonyl (C=O) groups is 2. The Labute approximate surface area is 120 Å². The van der Waals surface area contributed by atoms with Crippen molar-refractivity contribution in [2.24, 2.45) is 0 Å². The molecule has 4 N–H and O–H groups in total. The van der Waals surface area contributed by atoms with E-state index in [0.29, 0.717) is 22.7 Å². The fraction of sp³-hybridized carbons (Fsp3) is 0.0714. The summed E-state index contributed by atoms with van der Waals surface area (Å²) in [7, 11) is 1.44. The summed E-state index contributed by atoms with van der Waals surface area (Å²) in [4.78, 5) is 26.6. The van der Waals surface area contributed by atoms with Crippen LogP contribution in [0.15, 0.2) is 36.5 Å². The largest absolute Gasteiger partial charge is 0.496 e. The first kappa shape index (κ1) is 14.3. The van der Waals surface area contributed by atoms with Crippen LogP contribution in [0.4, 0.5) is 11.4 Å². The van der Waals surface area contributed by atoms with Crippen LogP contribution in [0.1, 0.15) is 20.8 Å². The molecule has 1 heterocycles. The summed E-state index contributed by atoms with van der Waals surface area (Å²) >= 11 is 0. The van der Waals surface area contributed by atoms with E-state index in [-0.39, 0.29) is 5.69 Å². The van der Waals surface area contributed by atoms with Gasteiger partial charge < -0.3 is 20.9 Å². The smallest absolute Gasteiger partial charge is 0.354 e. The maximum atomic E-state index is 12.1. The molecule has 0 aliphatic rings. The number of pyridine rings is 1. The lowest BCUT2D eigenvalue weighted by atomic mass is 10.1. The average molecular weight is 287 g/mol. The SMILES string of the molecule is COc1cc(N)ccc1C(=O)Nc1ccc(C(=O)O)nc1. The van der Waals surface area contributed by atoms with E-state index < -0.39 is 11.9 Å². The van der Waals surface area contributed by atoms with Gasteiger partial charge in [0.2, 0.25) is 0 Å². The Hall–Kier alpha value is -3.09. The van der Waals surface area contributed by atoms with E-state index in [4.69, 9.17) is 15.6 Å². The first-order valence-electron chi connectivity index (χ1n) is 5.95. The number of carboxylic acids is 1. The molecule has 0 aliphatic heterocycles. The Morgan fingerprint density at radius 2 is 2.05 bits per heavy atom. The van der Waals surface area contributed by atoms with Crippen LogP contribution in [0.3, 0.4) is 0 Å². The number of hydrogen-bond donors (Lipinski definition) is 3. The zero-order valence-corrected chi connectivity index (χ0v) is 11.2. The van der Waals surface area contributed by atoms with Crippen molar-refractivity contribution in [1.82, 2.24) is 4.98 Å². The third-order valence-corrected chi connectivity index (χ3v) is 2.71. The number of aromatic nitrogens is 1. The van der Waals surface area contributed by atoms with Crippen LogP contribution in [0.25, 0.3) is 0 Å². The number of rotatable bonds is 4. The number of nitrogens with two attached hydrogens (primary N) is 1. The minimum Gasteiger partial charge on any atom is -0.496 e. The topological polar surface area (TPSA) is 115 Å². The quantitative estimate of drug-likeness (QED) is 0.736. The van der Waals surface area contributed by atoms with Crippen molar-refractivity contribution in [3.8, 4) is 5.75 Å². The predicted molar refractivity (Wildman–Crippen MR) is 76.6 cm³/mol. The lowest BCUT2D eigenvalue weighted by molar-refractivity contribution is 0.0690. The molecule has 0 fully saturated rings. The molecule has 2 aromatic rings. The number of nitrogens with zero attached hydrogens (tertiary/aromatic N) is 1. The molecule has 0 spiro atoms. The predicted octanol–water partition coefficient (Wildman–Crippen LogP) is 1.62. The number of amides is 1. The molecule has 1 aromatic carbocycles. The van der Waals surface area contributed by atoms with Gasteiger partial charge in [-0.15, -0.1) is 0 Å². The minimum absolute atomic E-state index is 0.0990. The number of anilines is 2. The number of nitrogens with one attached hydrogen (secondary N) is 1. The van der Waals surface area contributed by atoms with E-state index in [1.54, 1.807) is 18.2 Å². The van der Waals surface area contributed by atoms with E-state index >= 15 is 0 Å². The van der Waals surface area contributed by atoms with Crippen molar-refractivity contribution in [2.45, 2.75) is 0 Å².